The maximum Gasteiger partial charge on any atom is 0.260 e. The molecule has 0 unspecified atom stereocenters. The number of amides is 1. The zero-order valence-corrected chi connectivity index (χ0v) is 20.5. The van der Waals surface area contributed by atoms with Crippen molar-refractivity contribution in [1.29, 1.82) is 0 Å². The maximum atomic E-state index is 12.4. The Balaban J connectivity index is 1.57. The van der Waals surface area contributed by atoms with E-state index in [1.54, 1.807) is 0 Å². The Labute approximate surface area is 198 Å². The second-order valence-electron chi connectivity index (χ2n) is 7.42. The summed E-state index contributed by atoms with van der Waals surface area (Å²) in [5.74, 6) is 1.01. The highest BCUT2D eigenvalue weighted by Crippen LogP contribution is 2.28. The van der Waals surface area contributed by atoms with Crippen LogP contribution in [0.5, 0.6) is 11.5 Å². The standard InChI is InChI=1S/C22H29N5O6S/c1-5-31-20-10-7-16(13-21(20)32-6-2)11-12-23-22(28)15-33-27-19-14-17(34(29,30)26(3)4)8-9-18(19)24-25-27/h7-10,13-14H,5-6,11-12,15H2,1-4H3,(H,23,28). The van der Waals surface area contributed by atoms with Gasteiger partial charge in [-0.15, -0.1) is 5.10 Å². The molecule has 0 aliphatic heterocycles. The molecule has 2 aromatic carbocycles. The van der Waals surface area contributed by atoms with Crippen LogP contribution in [0.1, 0.15) is 19.4 Å². The molecule has 1 amide bonds. The highest BCUT2D eigenvalue weighted by Gasteiger charge is 2.19. The Morgan fingerprint density at radius 1 is 1.06 bits per heavy atom. The fourth-order valence-corrected chi connectivity index (χ4v) is 4.03. The molecule has 0 atom stereocenters. The number of carbonyl (C=O) groups is 1. The number of hydrogen-bond acceptors (Lipinski definition) is 8. The number of hydrogen-bond donors (Lipinski definition) is 1. The lowest BCUT2D eigenvalue weighted by molar-refractivity contribution is -0.126. The monoisotopic (exact) mass is 491 g/mol. The summed E-state index contributed by atoms with van der Waals surface area (Å²) in [5.41, 5.74) is 1.78. The van der Waals surface area contributed by atoms with Gasteiger partial charge in [0.15, 0.2) is 18.1 Å². The number of carbonyl (C=O) groups excluding carboxylic acids is 1. The van der Waals surface area contributed by atoms with Crippen LogP contribution in [0, 0.1) is 0 Å². The van der Waals surface area contributed by atoms with Crippen LogP contribution >= 0.6 is 0 Å². The minimum atomic E-state index is -3.63. The first kappa shape index (κ1) is 25.2. The largest absolute Gasteiger partial charge is 0.490 e. The van der Waals surface area contributed by atoms with E-state index in [4.69, 9.17) is 14.3 Å². The van der Waals surface area contributed by atoms with Crippen LogP contribution in [-0.2, 0) is 21.2 Å². The predicted octanol–water partition coefficient (Wildman–Crippen LogP) is 1.27. The van der Waals surface area contributed by atoms with Gasteiger partial charge in [0.25, 0.3) is 5.91 Å². The molecule has 3 rings (SSSR count). The summed E-state index contributed by atoms with van der Waals surface area (Å²) in [4.78, 5) is 18.8. The normalized spacial score (nSPS) is 11.6. The Kier molecular flexibility index (Phi) is 8.29. The molecule has 0 spiro atoms. The number of ether oxygens (including phenoxy) is 2. The molecule has 12 heteroatoms. The quantitative estimate of drug-likeness (QED) is 0.402. The van der Waals surface area contributed by atoms with E-state index in [0.717, 1.165) is 14.7 Å². The van der Waals surface area contributed by atoms with Gasteiger partial charge in [-0.1, -0.05) is 10.9 Å². The summed E-state index contributed by atoms with van der Waals surface area (Å²) >= 11 is 0. The molecule has 0 bridgehead atoms. The Bertz CT molecular complexity index is 1240. The van der Waals surface area contributed by atoms with Gasteiger partial charge in [0.2, 0.25) is 10.0 Å². The molecule has 0 saturated carbocycles. The van der Waals surface area contributed by atoms with E-state index in [0.29, 0.717) is 48.7 Å². The van der Waals surface area contributed by atoms with E-state index in [1.165, 1.54) is 32.3 Å². The minimum Gasteiger partial charge on any atom is -0.490 e. The Morgan fingerprint density at radius 3 is 2.50 bits per heavy atom. The number of nitrogens with one attached hydrogen (secondary N) is 1. The summed E-state index contributed by atoms with van der Waals surface area (Å²) < 4.78 is 37.0. The van der Waals surface area contributed by atoms with E-state index < -0.39 is 10.0 Å². The second-order valence-corrected chi connectivity index (χ2v) is 9.57. The molecular formula is C22H29N5O6S. The number of sulfonamides is 1. The van der Waals surface area contributed by atoms with E-state index >= 15 is 0 Å². The van der Waals surface area contributed by atoms with Crippen molar-refractivity contribution in [3.05, 3.63) is 42.0 Å². The molecule has 0 aliphatic carbocycles. The van der Waals surface area contributed by atoms with Gasteiger partial charge >= 0.3 is 0 Å². The van der Waals surface area contributed by atoms with Crippen molar-refractivity contribution in [2.24, 2.45) is 0 Å². The lowest BCUT2D eigenvalue weighted by Gasteiger charge is -2.13. The van der Waals surface area contributed by atoms with E-state index in [2.05, 4.69) is 15.6 Å². The van der Waals surface area contributed by atoms with E-state index in [-0.39, 0.29) is 17.4 Å². The first-order chi connectivity index (χ1) is 16.3. The van der Waals surface area contributed by atoms with Crippen molar-refractivity contribution in [2.75, 3.05) is 40.5 Å². The SMILES string of the molecule is CCOc1ccc(CCNC(=O)COn2nnc3ccc(S(=O)(=O)N(C)C)cc32)cc1OCC. The van der Waals surface area contributed by atoms with Crippen LogP contribution in [0.2, 0.25) is 0 Å². The number of rotatable bonds is 12. The zero-order valence-electron chi connectivity index (χ0n) is 19.6. The molecule has 0 fully saturated rings. The molecule has 0 radical (unpaired) electrons. The van der Waals surface area contributed by atoms with Crippen LogP contribution in [0.25, 0.3) is 11.0 Å². The third-order valence-corrected chi connectivity index (χ3v) is 6.64. The Hall–Kier alpha value is -3.38. The van der Waals surface area contributed by atoms with Crippen molar-refractivity contribution in [3.8, 4) is 11.5 Å². The lowest BCUT2D eigenvalue weighted by atomic mass is 10.1. The molecule has 34 heavy (non-hydrogen) atoms. The van der Waals surface area contributed by atoms with Gasteiger partial charge in [-0.2, -0.15) is 0 Å². The molecule has 1 aromatic heterocycles. The topological polar surface area (TPSA) is 125 Å². The van der Waals surface area contributed by atoms with Gasteiger partial charge < -0.3 is 19.6 Å². The van der Waals surface area contributed by atoms with Crippen LogP contribution in [0.4, 0.5) is 0 Å². The second kappa shape index (κ2) is 11.2. The number of aromatic nitrogens is 3. The molecule has 184 valence electrons. The van der Waals surface area contributed by atoms with Gasteiger partial charge in [-0.05, 0) is 61.4 Å². The van der Waals surface area contributed by atoms with Crippen molar-refractivity contribution in [3.63, 3.8) is 0 Å². The fourth-order valence-electron chi connectivity index (χ4n) is 3.11. The van der Waals surface area contributed by atoms with E-state index in [1.807, 2.05) is 32.0 Å². The summed E-state index contributed by atoms with van der Waals surface area (Å²) in [6, 6.07) is 10.1. The van der Waals surface area contributed by atoms with Crippen LogP contribution in [0.3, 0.4) is 0 Å². The number of nitrogens with zero attached hydrogens (tertiary/aromatic N) is 4. The summed E-state index contributed by atoms with van der Waals surface area (Å²) in [5, 5.41) is 10.6. The first-order valence-electron chi connectivity index (χ1n) is 10.8. The molecule has 11 nitrogen and oxygen atoms in total. The molecule has 1 N–H and O–H groups in total. The number of benzene rings is 2. The van der Waals surface area contributed by atoms with Crippen molar-refractivity contribution in [2.45, 2.75) is 25.2 Å². The fraction of sp³-hybridized carbons (Fsp3) is 0.409. The molecule has 0 saturated heterocycles. The highest BCUT2D eigenvalue weighted by molar-refractivity contribution is 7.89. The van der Waals surface area contributed by atoms with Gasteiger partial charge in [-0.25, -0.2) is 12.7 Å². The van der Waals surface area contributed by atoms with E-state index in [9.17, 15) is 13.2 Å². The average Bonchev–Trinajstić information content (AvgIpc) is 3.22. The molecule has 3 aromatic rings. The van der Waals surface area contributed by atoms with Crippen molar-refractivity contribution < 1.29 is 27.5 Å². The smallest absolute Gasteiger partial charge is 0.260 e. The summed E-state index contributed by atoms with van der Waals surface area (Å²) in [7, 11) is -0.742. The average molecular weight is 492 g/mol. The van der Waals surface area contributed by atoms with Crippen LogP contribution in [-0.4, -0.2) is 74.2 Å². The third kappa shape index (κ3) is 5.94. The van der Waals surface area contributed by atoms with Crippen molar-refractivity contribution in [1.82, 2.24) is 24.8 Å². The predicted molar refractivity (Wildman–Crippen MR) is 125 cm³/mol. The first-order valence-corrected chi connectivity index (χ1v) is 12.3. The summed E-state index contributed by atoms with van der Waals surface area (Å²) in [6.07, 6.45) is 0.593. The van der Waals surface area contributed by atoms with Crippen LogP contribution in [0.15, 0.2) is 41.3 Å². The lowest BCUT2D eigenvalue weighted by Crippen LogP contribution is -2.33. The zero-order chi connectivity index (χ0) is 24.7. The van der Waals surface area contributed by atoms with Gasteiger partial charge in [0, 0.05) is 20.6 Å². The summed E-state index contributed by atoms with van der Waals surface area (Å²) in [6.45, 7) is 4.97. The van der Waals surface area contributed by atoms with Gasteiger partial charge in [0.1, 0.15) is 11.0 Å². The molecule has 1 heterocycles. The van der Waals surface area contributed by atoms with Gasteiger partial charge in [0.05, 0.1) is 18.1 Å². The Morgan fingerprint density at radius 2 is 1.79 bits per heavy atom. The minimum absolute atomic E-state index is 0.0726. The molecule has 0 aliphatic rings. The third-order valence-electron chi connectivity index (χ3n) is 4.83. The van der Waals surface area contributed by atoms with Crippen molar-refractivity contribution >= 4 is 27.0 Å². The maximum absolute atomic E-state index is 12.4. The van der Waals surface area contributed by atoms with Gasteiger partial charge in [-0.3, -0.25) is 4.79 Å². The highest BCUT2D eigenvalue weighted by atomic mass is 32.2. The molecular weight excluding hydrogens is 462 g/mol. The number of fused-ring (bicyclic) bond motifs is 1. The van der Waals surface area contributed by atoms with Crippen LogP contribution < -0.4 is 19.6 Å².